The lowest BCUT2D eigenvalue weighted by Crippen LogP contribution is -2.35. The maximum Gasteiger partial charge on any atom is 0.268 e. The Morgan fingerprint density at radius 2 is 1.56 bits per heavy atom. The first-order valence-corrected chi connectivity index (χ1v) is 11.9. The van der Waals surface area contributed by atoms with Crippen LogP contribution in [-0.2, 0) is 14.4 Å². The molecular formula is C27H23FN6O5. The summed E-state index contributed by atoms with van der Waals surface area (Å²) in [5.41, 5.74) is 5.37. The molecule has 4 amide bonds. The number of amides is 4. The smallest absolute Gasteiger partial charge is 0.268 e. The highest BCUT2D eigenvalue weighted by Gasteiger charge is 2.56. The van der Waals surface area contributed by atoms with Gasteiger partial charge in [-0.15, -0.1) is 0 Å². The number of nitrogens with zero attached hydrogens (tertiary/aromatic N) is 1. The number of anilines is 2. The number of rotatable bonds is 9. The molecule has 198 valence electrons. The van der Waals surface area contributed by atoms with E-state index in [1.165, 1.54) is 30.5 Å². The lowest BCUT2D eigenvalue weighted by molar-refractivity contribution is -0.131. The zero-order valence-electron chi connectivity index (χ0n) is 20.4. The summed E-state index contributed by atoms with van der Waals surface area (Å²) < 4.78 is 19.1. The van der Waals surface area contributed by atoms with Gasteiger partial charge in [0.15, 0.2) is 0 Å². The van der Waals surface area contributed by atoms with Crippen molar-refractivity contribution < 1.29 is 28.3 Å². The number of aromatic amines is 1. The summed E-state index contributed by atoms with van der Waals surface area (Å²) in [6.07, 6.45) is 2.33. The molecule has 0 saturated heterocycles. The summed E-state index contributed by atoms with van der Waals surface area (Å²) >= 11 is 0. The van der Waals surface area contributed by atoms with Crippen LogP contribution in [0.5, 0.6) is 11.5 Å². The van der Waals surface area contributed by atoms with E-state index in [-0.39, 0.29) is 12.2 Å². The van der Waals surface area contributed by atoms with Gasteiger partial charge in [-0.1, -0.05) is 0 Å². The van der Waals surface area contributed by atoms with Crippen molar-refractivity contribution in [1.29, 1.82) is 0 Å². The van der Waals surface area contributed by atoms with Gasteiger partial charge >= 0.3 is 0 Å². The maximum absolute atomic E-state index is 13.1. The number of hydrogen-bond acceptors (Lipinski definition) is 6. The molecule has 2 aromatic carbocycles. The number of aromatic nitrogens is 2. The Balaban J connectivity index is 1.23. The van der Waals surface area contributed by atoms with Gasteiger partial charge in [0.2, 0.25) is 17.7 Å². The summed E-state index contributed by atoms with van der Waals surface area (Å²) in [6, 6.07) is 15.1. The van der Waals surface area contributed by atoms with Crippen molar-refractivity contribution in [2.75, 3.05) is 17.2 Å². The fourth-order valence-electron chi connectivity index (χ4n) is 3.93. The van der Waals surface area contributed by atoms with Crippen LogP contribution in [0.3, 0.4) is 0 Å². The molecule has 39 heavy (non-hydrogen) atoms. The highest BCUT2D eigenvalue weighted by atomic mass is 19.1. The molecule has 0 radical (unpaired) electrons. The van der Waals surface area contributed by atoms with Crippen molar-refractivity contribution >= 4 is 46.0 Å². The first kappa shape index (κ1) is 25.4. The molecule has 2 aromatic heterocycles. The van der Waals surface area contributed by atoms with Crippen LogP contribution in [0.15, 0.2) is 66.9 Å². The fraction of sp³-hybridized carbons (Fsp3) is 0.148. The lowest BCUT2D eigenvalue weighted by Gasteiger charge is -2.16. The number of benzene rings is 2. The predicted molar refractivity (Wildman–Crippen MR) is 139 cm³/mol. The average molecular weight is 531 g/mol. The largest absolute Gasteiger partial charge is 0.457 e. The minimum absolute atomic E-state index is 0.185. The van der Waals surface area contributed by atoms with Crippen LogP contribution >= 0.6 is 0 Å². The maximum atomic E-state index is 13.1. The molecule has 1 aliphatic carbocycles. The monoisotopic (exact) mass is 530 g/mol. The molecule has 0 atom stereocenters. The number of nitrogens with two attached hydrogens (primary N) is 1. The van der Waals surface area contributed by atoms with E-state index in [4.69, 9.17) is 10.5 Å². The van der Waals surface area contributed by atoms with Gasteiger partial charge in [0.25, 0.3) is 5.91 Å². The molecule has 1 saturated carbocycles. The van der Waals surface area contributed by atoms with Crippen LogP contribution < -0.4 is 26.4 Å². The number of primary amides is 1. The molecule has 11 nitrogen and oxygen atoms in total. The Morgan fingerprint density at radius 3 is 2.15 bits per heavy atom. The zero-order valence-corrected chi connectivity index (χ0v) is 20.4. The Labute approximate surface area is 220 Å². The Morgan fingerprint density at radius 1 is 0.949 bits per heavy atom. The Hall–Kier alpha value is -5.26. The second kappa shape index (κ2) is 10.2. The van der Waals surface area contributed by atoms with Gasteiger partial charge in [0.1, 0.15) is 34.1 Å². The van der Waals surface area contributed by atoms with Crippen molar-refractivity contribution in [2.24, 2.45) is 11.1 Å². The van der Waals surface area contributed by atoms with E-state index < -0.39 is 34.9 Å². The molecule has 0 spiro atoms. The number of pyridine rings is 1. The summed E-state index contributed by atoms with van der Waals surface area (Å²) in [6.45, 7) is -0.298. The highest BCUT2D eigenvalue weighted by Crippen LogP contribution is 2.47. The summed E-state index contributed by atoms with van der Waals surface area (Å²) in [5, 5.41) is 8.38. The van der Waals surface area contributed by atoms with Crippen LogP contribution in [0.1, 0.15) is 23.3 Å². The summed E-state index contributed by atoms with van der Waals surface area (Å²) in [5.74, 6) is -1.59. The fourth-order valence-corrected chi connectivity index (χ4v) is 3.93. The first-order valence-electron chi connectivity index (χ1n) is 11.9. The predicted octanol–water partition coefficient (Wildman–Crippen LogP) is 3.07. The minimum Gasteiger partial charge on any atom is -0.457 e. The second-order valence-electron chi connectivity index (χ2n) is 9.03. The van der Waals surface area contributed by atoms with Crippen molar-refractivity contribution in [3.63, 3.8) is 0 Å². The van der Waals surface area contributed by atoms with Gasteiger partial charge < -0.3 is 31.4 Å². The number of hydrogen-bond donors (Lipinski definition) is 5. The van der Waals surface area contributed by atoms with Crippen molar-refractivity contribution in [1.82, 2.24) is 15.3 Å². The van der Waals surface area contributed by atoms with E-state index in [1.807, 2.05) is 0 Å². The van der Waals surface area contributed by atoms with E-state index in [2.05, 4.69) is 25.9 Å². The van der Waals surface area contributed by atoms with E-state index in [0.29, 0.717) is 46.7 Å². The van der Waals surface area contributed by atoms with Gasteiger partial charge in [-0.2, -0.15) is 0 Å². The quantitative estimate of drug-likeness (QED) is 0.208. The van der Waals surface area contributed by atoms with Crippen LogP contribution in [-0.4, -0.2) is 40.1 Å². The third-order valence-corrected chi connectivity index (χ3v) is 6.22. The number of ether oxygens (including phenoxy) is 1. The molecule has 12 heteroatoms. The second-order valence-corrected chi connectivity index (χ2v) is 9.03. The molecule has 0 unspecified atom stereocenters. The van der Waals surface area contributed by atoms with Gasteiger partial charge in [-0.05, 0) is 73.5 Å². The Bertz CT molecular complexity index is 1580. The standard InChI is InChI=1S/C27H23FN6O5/c28-15-1-3-16(4-2-15)32-25(37)27(10-11-27)26(38)33-17-5-7-18(8-6-17)39-21-9-12-30-23-19(21)13-20(34-23)24(36)31-14-22(29)35/h1-9,12-13H,10-11,14H2,(H2,29,35)(H,30,34)(H,31,36)(H,32,37)(H,33,38). The van der Waals surface area contributed by atoms with Gasteiger partial charge in [-0.3, -0.25) is 19.2 Å². The van der Waals surface area contributed by atoms with Crippen LogP contribution in [0.4, 0.5) is 15.8 Å². The SMILES string of the molecule is NC(=O)CNC(=O)c1cc2c(Oc3ccc(NC(=O)C4(C(=O)Nc5ccc(F)cc5)CC4)cc3)ccnc2[nH]1. The molecule has 4 aromatic rings. The normalized spacial score (nSPS) is 13.4. The van der Waals surface area contributed by atoms with Gasteiger partial charge in [0, 0.05) is 17.6 Å². The summed E-state index contributed by atoms with van der Waals surface area (Å²) in [7, 11) is 0. The highest BCUT2D eigenvalue weighted by molar-refractivity contribution is 6.16. The number of fused-ring (bicyclic) bond motifs is 1. The lowest BCUT2D eigenvalue weighted by atomic mass is 10.0. The van der Waals surface area contributed by atoms with E-state index in [0.717, 1.165) is 0 Å². The average Bonchev–Trinajstić information content (AvgIpc) is 3.62. The van der Waals surface area contributed by atoms with Gasteiger partial charge in [0.05, 0.1) is 11.9 Å². The molecule has 0 aliphatic heterocycles. The Kier molecular flexibility index (Phi) is 6.67. The van der Waals surface area contributed by atoms with Crippen LogP contribution in [0.25, 0.3) is 11.0 Å². The summed E-state index contributed by atoms with van der Waals surface area (Å²) in [4.78, 5) is 55.9. The van der Waals surface area contributed by atoms with Crippen molar-refractivity contribution in [3.8, 4) is 11.5 Å². The topological polar surface area (TPSA) is 168 Å². The van der Waals surface area contributed by atoms with E-state index in [9.17, 15) is 23.6 Å². The number of halogens is 1. The molecule has 5 rings (SSSR count). The van der Waals surface area contributed by atoms with Crippen LogP contribution in [0, 0.1) is 11.2 Å². The van der Waals surface area contributed by atoms with Crippen molar-refractivity contribution in [2.45, 2.75) is 12.8 Å². The molecule has 0 bridgehead atoms. The molecule has 6 N–H and O–H groups in total. The third-order valence-electron chi connectivity index (χ3n) is 6.22. The number of carbonyl (C=O) groups is 4. The van der Waals surface area contributed by atoms with Crippen molar-refractivity contribution in [3.05, 3.63) is 78.4 Å². The molecule has 1 aliphatic rings. The molecule has 2 heterocycles. The third kappa shape index (κ3) is 5.54. The van der Waals surface area contributed by atoms with E-state index >= 15 is 0 Å². The van der Waals surface area contributed by atoms with Gasteiger partial charge in [-0.25, -0.2) is 9.37 Å². The number of nitrogens with one attached hydrogen (secondary N) is 4. The van der Waals surface area contributed by atoms with E-state index in [1.54, 1.807) is 36.4 Å². The molecular weight excluding hydrogens is 507 g/mol. The molecule has 1 fully saturated rings. The number of H-pyrrole nitrogens is 1. The first-order chi connectivity index (χ1) is 18.7. The minimum atomic E-state index is -1.18. The number of carbonyl (C=O) groups excluding carboxylic acids is 4. The zero-order chi connectivity index (χ0) is 27.6. The van der Waals surface area contributed by atoms with Crippen LogP contribution in [0.2, 0.25) is 0 Å².